The summed E-state index contributed by atoms with van der Waals surface area (Å²) < 4.78 is 2.09. The molecule has 1 saturated heterocycles. The molecule has 4 heterocycles. The van der Waals surface area contributed by atoms with Crippen LogP contribution in [0.5, 0.6) is 0 Å². The second-order valence-corrected chi connectivity index (χ2v) is 7.34. The van der Waals surface area contributed by atoms with Gasteiger partial charge in [0.15, 0.2) is 5.82 Å². The van der Waals surface area contributed by atoms with E-state index in [1.807, 2.05) is 25.5 Å². The molecule has 0 saturated carbocycles. The Balaban J connectivity index is 1.41. The van der Waals surface area contributed by atoms with Crippen LogP contribution in [0, 0.1) is 0 Å². The van der Waals surface area contributed by atoms with E-state index in [1.165, 1.54) is 29.7 Å². The van der Waals surface area contributed by atoms with Crippen LogP contribution in [0.25, 0.3) is 11.5 Å². The van der Waals surface area contributed by atoms with Crippen LogP contribution in [-0.2, 0) is 19.9 Å². The number of nitrogens with zero attached hydrogens (tertiary/aromatic N) is 6. The maximum atomic E-state index is 4.56. The van der Waals surface area contributed by atoms with Gasteiger partial charge in [0, 0.05) is 49.7 Å². The van der Waals surface area contributed by atoms with Crippen LogP contribution in [0.4, 0.5) is 5.95 Å². The molecule has 0 bridgehead atoms. The first-order chi connectivity index (χ1) is 12.8. The highest BCUT2D eigenvalue weighted by molar-refractivity contribution is 5.59. The van der Waals surface area contributed by atoms with Gasteiger partial charge in [-0.25, -0.2) is 0 Å². The van der Waals surface area contributed by atoms with Crippen molar-refractivity contribution >= 4 is 5.95 Å². The molecule has 1 fully saturated rings. The third kappa shape index (κ3) is 2.50. The van der Waals surface area contributed by atoms with E-state index in [2.05, 4.69) is 40.9 Å². The monoisotopic (exact) mass is 349 g/mol. The zero-order chi connectivity index (χ0) is 17.5. The molecule has 134 valence electrons. The number of hydrogen-bond donors (Lipinski definition) is 1. The molecule has 1 aliphatic carbocycles. The van der Waals surface area contributed by atoms with Crippen LogP contribution >= 0.6 is 0 Å². The molecule has 0 amide bonds. The van der Waals surface area contributed by atoms with Crippen molar-refractivity contribution in [1.82, 2.24) is 29.9 Å². The van der Waals surface area contributed by atoms with E-state index in [1.54, 1.807) is 0 Å². The molecular weight excluding hydrogens is 326 g/mol. The van der Waals surface area contributed by atoms with E-state index < -0.39 is 0 Å². The van der Waals surface area contributed by atoms with E-state index in [-0.39, 0.29) is 0 Å². The highest BCUT2D eigenvalue weighted by Gasteiger charge is 2.29. The van der Waals surface area contributed by atoms with Crippen LogP contribution in [0.15, 0.2) is 24.5 Å². The number of nitrogens with one attached hydrogen (secondary N) is 1. The summed E-state index contributed by atoms with van der Waals surface area (Å²) in [5.41, 5.74) is 4.88. The summed E-state index contributed by atoms with van der Waals surface area (Å²) in [6.45, 7) is 1.94. The van der Waals surface area contributed by atoms with Crippen molar-refractivity contribution in [2.24, 2.45) is 7.05 Å². The lowest BCUT2D eigenvalue weighted by Crippen LogP contribution is -2.22. The SMILES string of the molecule is Cn1c(-c2n[nH]c3c2CCCC3)nnc1N1CCC(c2cccnc2)C1. The highest BCUT2D eigenvalue weighted by atomic mass is 15.4. The first-order valence-corrected chi connectivity index (χ1v) is 9.42. The van der Waals surface area contributed by atoms with Gasteiger partial charge in [0.2, 0.25) is 5.95 Å². The van der Waals surface area contributed by atoms with Gasteiger partial charge >= 0.3 is 0 Å². The van der Waals surface area contributed by atoms with Crippen molar-refractivity contribution < 1.29 is 0 Å². The zero-order valence-electron chi connectivity index (χ0n) is 15.0. The van der Waals surface area contributed by atoms with Gasteiger partial charge in [-0.1, -0.05) is 6.07 Å². The molecule has 0 radical (unpaired) electrons. The third-order valence-electron chi connectivity index (χ3n) is 5.75. The van der Waals surface area contributed by atoms with Crippen molar-refractivity contribution in [3.63, 3.8) is 0 Å². The number of anilines is 1. The van der Waals surface area contributed by atoms with Gasteiger partial charge < -0.3 is 4.90 Å². The summed E-state index contributed by atoms with van der Waals surface area (Å²) >= 11 is 0. The number of pyridine rings is 1. The lowest BCUT2D eigenvalue weighted by atomic mass is 9.96. The van der Waals surface area contributed by atoms with E-state index in [4.69, 9.17) is 0 Å². The number of fused-ring (bicyclic) bond motifs is 1. The Kier molecular flexibility index (Phi) is 3.72. The minimum Gasteiger partial charge on any atom is -0.340 e. The van der Waals surface area contributed by atoms with Crippen molar-refractivity contribution in [3.8, 4) is 11.5 Å². The number of aromatic amines is 1. The molecule has 3 aromatic rings. The van der Waals surface area contributed by atoms with Gasteiger partial charge in [-0.2, -0.15) is 5.10 Å². The smallest absolute Gasteiger partial charge is 0.227 e. The number of aryl methyl sites for hydroxylation is 1. The Bertz CT molecular complexity index is 911. The normalized spacial score (nSPS) is 19.7. The molecular formula is C19H23N7. The first-order valence-electron chi connectivity index (χ1n) is 9.42. The van der Waals surface area contributed by atoms with Gasteiger partial charge in [0.25, 0.3) is 0 Å². The summed E-state index contributed by atoms with van der Waals surface area (Å²) in [7, 11) is 2.05. The van der Waals surface area contributed by atoms with Crippen LogP contribution in [-0.4, -0.2) is 43.0 Å². The summed E-state index contributed by atoms with van der Waals surface area (Å²) in [4.78, 5) is 6.59. The van der Waals surface area contributed by atoms with E-state index >= 15 is 0 Å². The molecule has 7 heteroatoms. The lowest BCUT2D eigenvalue weighted by Gasteiger charge is -2.17. The number of rotatable bonds is 3. The minimum atomic E-state index is 0.502. The fraction of sp³-hybridized carbons (Fsp3) is 0.474. The predicted molar refractivity (Wildman–Crippen MR) is 99.0 cm³/mol. The molecule has 0 spiro atoms. The second-order valence-electron chi connectivity index (χ2n) is 7.34. The third-order valence-corrected chi connectivity index (χ3v) is 5.75. The molecule has 1 aliphatic heterocycles. The Hall–Kier alpha value is -2.70. The average molecular weight is 349 g/mol. The topological polar surface area (TPSA) is 75.5 Å². The number of H-pyrrole nitrogens is 1. The van der Waals surface area contributed by atoms with E-state index in [9.17, 15) is 0 Å². The molecule has 1 atom stereocenters. The van der Waals surface area contributed by atoms with Gasteiger partial charge in [0.1, 0.15) is 5.69 Å². The van der Waals surface area contributed by atoms with Crippen molar-refractivity contribution in [2.75, 3.05) is 18.0 Å². The van der Waals surface area contributed by atoms with Gasteiger partial charge in [-0.3, -0.25) is 14.6 Å². The molecule has 0 aromatic carbocycles. The summed E-state index contributed by atoms with van der Waals surface area (Å²) in [6.07, 6.45) is 9.56. The number of hydrogen-bond acceptors (Lipinski definition) is 5. The Labute approximate surface area is 152 Å². The fourth-order valence-corrected chi connectivity index (χ4v) is 4.30. The standard InChI is InChI=1S/C19H23N7/c1-25-18(17-15-6-2-3-7-16(15)21-22-17)23-24-19(25)26-10-8-14(12-26)13-5-4-9-20-11-13/h4-5,9,11,14H,2-3,6-8,10,12H2,1H3,(H,21,22). The van der Waals surface area contributed by atoms with Crippen LogP contribution in [0.2, 0.25) is 0 Å². The Morgan fingerprint density at radius 2 is 2.12 bits per heavy atom. The minimum absolute atomic E-state index is 0.502. The predicted octanol–water partition coefficient (Wildman–Crippen LogP) is 2.47. The molecule has 7 nitrogen and oxygen atoms in total. The average Bonchev–Trinajstić information content (AvgIpc) is 3.40. The number of aromatic nitrogens is 6. The molecule has 1 unspecified atom stereocenters. The Morgan fingerprint density at radius 3 is 3.00 bits per heavy atom. The largest absolute Gasteiger partial charge is 0.340 e. The maximum absolute atomic E-state index is 4.56. The summed E-state index contributed by atoms with van der Waals surface area (Å²) in [5.74, 6) is 2.30. The second kappa shape index (κ2) is 6.23. The molecule has 2 aliphatic rings. The van der Waals surface area contributed by atoms with Gasteiger partial charge in [-0.05, 0) is 43.7 Å². The molecule has 5 rings (SSSR count). The first kappa shape index (κ1) is 15.5. The lowest BCUT2D eigenvalue weighted by molar-refractivity contribution is 0.675. The van der Waals surface area contributed by atoms with Crippen LogP contribution in [0.3, 0.4) is 0 Å². The van der Waals surface area contributed by atoms with Crippen LogP contribution in [0.1, 0.15) is 42.0 Å². The quantitative estimate of drug-likeness (QED) is 0.786. The Morgan fingerprint density at radius 1 is 1.19 bits per heavy atom. The van der Waals surface area contributed by atoms with Gasteiger partial charge in [0.05, 0.1) is 0 Å². The van der Waals surface area contributed by atoms with Crippen molar-refractivity contribution in [1.29, 1.82) is 0 Å². The summed E-state index contributed by atoms with van der Waals surface area (Å²) in [6, 6.07) is 4.18. The molecule has 26 heavy (non-hydrogen) atoms. The maximum Gasteiger partial charge on any atom is 0.227 e. The zero-order valence-corrected chi connectivity index (χ0v) is 15.0. The van der Waals surface area contributed by atoms with Crippen molar-refractivity contribution in [3.05, 3.63) is 41.3 Å². The van der Waals surface area contributed by atoms with E-state index in [0.717, 1.165) is 49.8 Å². The fourth-order valence-electron chi connectivity index (χ4n) is 4.30. The highest BCUT2D eigenvalue weighted by Crippen LogP contribution is 2.32. The van der Waals surface area contributed by atoms with Gasteiger partial charge in [-0.15, -0.1) is 10.2 Å². The molecule has 1 N–H and O–H groups in total. The van der Waals surface area contributed by atoms with E-state index in [0.29, 0.717) is 5.92 Å². The molecule has 3 aromatic heterocycles. The van der Waals surface area contributed by atoms with Crippen LogP contribution < -0.4 is 4.90 Å². The summed E-state index contributed by atoms with van der Waals surface area (Å²) in [5, 5.41) is 16.7. The van der Waals surface area contributed by atoms with Crippen molar-refractivity contribution in [2.45, 2.75) is 38.0 Å².